The van der Waals surface area contributed by atoms with Gasteiger partial charge >= 0.3 is 0 Å². The fraction of sp³-hybridized carbons (Fsp3) is 0.385. The SMILES string of the molecule is C[C@@H]1CN(CCCNC(=O)c2cn(Cc3ccccc3)nc2-c2ccccc2)C[C@H](C)O1. The van der Waals surface area contributed by atoms with Crippen molar-refractivity contribution in [3.05, 3.63) is 78.0 Å². The van der Waals surface area contributed by atoms with E-state index >= 15 is 0 Å². The average molecular weight is 433 g/mol. The van der Waals surface area contributed by atoms with Crippen molar-refractivity contribution in [2.75, 3.05) is 26.2 Å². The zero-order chi connectivity index (χ0) is 22.3. The third-order valence-electron chi connectivity index (χ3n) is 5.67. The molecule has 0 spiro atoms. The van der Waals surface area contributed by atoms with Gasteiger partial charge in [0.2, 0.25) is 0 Å². The van der Waals surface area contributed by atoms with Crippen LogP contribution in [0.5, 0.6) is 0 Å². The van der Waals surface area contributed by atoms with Crippen LogP contribution in [0.1, 0.15) is 36.2 Å². The molecule has 4 rings (SSSR count). The summed E-state index contributed by atoms with van der Waals surface area (Å²) in [6, 6.07) is 20.1. The van der Waals surface area contributed by atoms with Crippen molar-refractivity contribution >= 4 is 5.91 Å². The number of carbonyl (C=O) groups excluding carboxylic acids is 1. The molecule has 168 valence electrons. The minimum Gasteiger partial charge on any atom is -0.373 e. The second-order valence-corrected chi connectivity index (χ2v) is 8.57. The summed E-state index contributed by atoms with van der Waals surface area (Å²) >= 11 is 0. The molecule has 2 heterocycles. The van der Waals surface area contributed by atoms with Crippen LogP contribution in [0.15, 0.2) is 66.9 Å². The highest BCUT2D eigenvalue weighted by atomic mass is 16.5. The summed E-state index contributed by atoms with van der Waals surface area (Å²) in [5, 5.41) is 7.85. The lowest BCUT2D eigenvalue weighted by Crippen LogP contribution is -2.46. The Hall–Kier alpha value is -2.96. The molecule has 0 unspecified atom stereocenters. The van der Waals surface area contributed by atoms with Gasteiger partial charge < -0.3 is 10.1 Å². The number of aromatic nitrogens is 2. The summed E-state index contributed by atoms with van der Waals surface area (Å²) in [5.41, 5.74) is 3.42. The Morgan fingerprint density at radius 1 is 1.03 bits per heavy atom. The fourth-order valence-electron chi connectivity index (χ4n) is 4.32. The van der Waals surface area contributed by atoms with Gasteiger partial charge in [-0.15, -0.1) is 0 Å². The average Bonchev–Trinajstić information content (AvgIpc) is 3.21. The van der Waals surface area contributed by atoms with E-state index in [-0.39, 0.29) is 18.1 Å². The zero-order valence-electron chi connectivity index (χ0n) is 18.9. The number of benzene rings is 2. The Balaban J connectivity index is 1.41. The molecule has 2 aromatic carbocycles. The van der Waals surface area contributed by atoms with Gasteiger partial charge in [-0.2, -0.15) is 5.10 Å². The van der Waals surface area contributed by atoms with E-state index in [1.165, 1.54) is 0 Å². The maximum absolute atomic E-state index is 13.1. The highest BCUT2D eigenvalue weighted by molar-refractivity contribution is 5.99. The number of morpholine rings is 1. The summed E-state index contributed by atoms with van der Waals surface area (Å²) in [5.74, 6) is -0.0770. The summed E-state index contributed by atoms with van der Waals surface area (Å²) in [7, 11) is 0. The molecule has 2 atom stereocenters. The maximum atomic E-state index is 13.1. The summed E-state index contributed by atoms with van der Waals surface area (Å²) in [6.45, 7) is 8.34. The Morgan fingerprint density at radius 2 is 1.69 bits per heavy atom. The Bertz CT molecular complexity index is 993. The Kier molecular flexibility index (Phi) is 7.35. The van der Waals surface area contributed by atoms with Gasteiger partial charge in [-0.05, 0) is 25.8 Å². The molecular formula is C26H32N4O2. The third kappa shape index (κ3) is 5.84. The van der Waals surface area contributed by atoms with E-state index in [2.05, 4.69) is 36.2 Å². The standard InChI is InChI=1S/C26H32N4O2/c1-20-16-29(17-21(2)32-20)15-9-14-27-26(31)24-19-30(18-22-10-5-3-6-11-22)28-25(24)23-12-7-4-8-13-23/h3-8,10-13,19-21H,9,14-18H2,1-2H3,(H,27,31)/t20-,21+. The molecule has 1 aliphatic rings. The molecule has 0 aliphatic carbocycles. The van der Waals surface area contributed by atoms with E-state index in [9.17, 15) is 4.79 Å². The molecule has 6 heteroatoms. The molecule has 0 radical (unpaired) electrons. The predicted octanol–water partition coefficient (Wildman–Crippen LogP) is 3.83. The maximum Gasteiger partial charge on any atom is 0.255 e. The van der Waals surface area contributed by atoms with Crippen molar-refractivity contribution in [3.63, 3.8) is 0 Å². The minimum absolute atomic E-state index is 0.0770. The topological polar surface area (TPSA) is 59.4 Å². The summed E-state index contributed by atoms with van der Waals surface area (Å²) in [4.78, 5) is 15.5. The quantitative estimate of drug-likeness (QED) is 0.550. The smallest absolute Gasteiger partial charge is 0.255 e. The lowest BCUT2D eigenvalue weighted by Gasteiger charge is -2.35. The van der Waals surface area contributed by atoms with Gasteiger partial charge in [-0.3, -0.25) is 14.4 Å². The molecule has 1 saturated heterocycles. The summed E-state index contributed by atoms with van der Waals surface area (Å²) in [6.07, 6.45) is 3.29. The van der Waals surface area contributed by atoms with Crippen LogP contribution in [-0.4, -0.2) is 59.0 Å². The van der Waals surface area contributed by atoms with Crippen LogP contribution < -0.4 is 5.32 Å². The molecule has 0 saturated carbocycles. The van der Waals surface area contributed by atoms with E-state index in [1.54, 1.807) is 0 Å². The number of nitrogens with one attached hydrogen (secondary N) is 1. The first-order valence-electron chi connectivity index (χ1n) is 11.4. The third-order valence-corrected chi connectivity index (χ3v) is 5.67. The molecule has 32 heavy (non-hydrogen) atoms. The monoisotopic (exact) mass is 432 g/mol. The van der Waals surface area contributed by atoms with E-state index in [1.807, 2.05) is 59.4 Å². The lowest BCUT2D eigenvalue weighted by molar-refractivity contribution is -0.0679. The fourth-order valence-corrected chi connectivity index (χ4v) is 4.32. The highest BCUT2D eigenvalue weighted by Crippen LogP contribution is 2.22. The molecule has 3 aromatic rings. The van der Waals surface area contributed by atoms with Crippen LogP contribution in [-0.2, 0) is 11.3 Å². The van der Waals surface area contributed by atoms with Gasteiger partial charge in [0.25, 0.3) is 5.91 Å². The van der Waals surface area contributed by atoms with Gasteiger partial charge in [-0.25, -0.2) is 0 Å². The van der Waals surface area contributed by atoms with Crippen molar-refractivity contribution in [2.24, 2.45) is 0 Å². The van der Waals surface area contributed by atoms with Gasteiger partial charge in [0.15, 0.2) is 0 Å². The molecular weight excluding hydrogens is 400 g/mol. The van der Waals surface area contributed by atoms with Gasteiger partial charge in [-0.1, -0.05) is 60.7 Å². The Labute approximate surface area is 190 Å². The highest BCUT2D eigenvalue weighted by Gasteiger charge is 2.22. The first kappa shape index (κ1) is 22.2. The number of ether oxygens (including phenoxy) is 1. The minimum atomic E-state index is -0.0770. The van der Waals surface area contributed by atoms with Crippen molar-refractivity contribution in [2.45, 2.75) is 39.0 Å². The molecule has 1 fully saturated rings. The largest absolute Gasteiger partial charge is 0.373 e. The molecule has 1 aromatic heterocycles. The van der Waals surface area contributed by atoms with Crippen LogP contribution in [0.4, 0.5) is 0 Å². The molecule has 6 nitrogen and oxygen atoms in total. The van der Waals surface area contributed by atoms with Gasteiger partial charge in [0.05, 0.1) is 24.3 Å². The number of nitrogens with zero attached hydrogens (tertiary/aromatic N) is 3. The number of amides is 1. The van der Waals surface area contributed by atoms with Crippen molar-refractivity contribution in [3.8, 4) is 11.3 Å². The first-order valence-corrected chi connectivity index (χ1v) is 11.4. The second kappa shape index (κ2) is 10.6. The molecule has 1 N–H and O–H groups in total. The van der Waals surface area contributed by atoms with Gasteiger partial charge in [0.1, 0.15) is 5.69 Å². The summed E-state index contributed by atoms with van der Waals surface area (Å²) < 4.78 is 7.65. The van der Waals surface area contributed by atoms with Crippen molar-refractivity contribution in [1.82, 2.24) is 20.0 Å². The second-order valence-electron chi connectivity index (χ2n) is 8.57. The van der Waals surface area contributed by atoms with Crippen LogP contribution in [0.3, 0.4) is 0 Å². The first-order chi connectivity index (χ1) is 15.6. The molecule has 1 aliphatic heterocycles. The van der Waals surface area contributed by atoms with Crippen LogP contribution in [0.2, 0.25) is 0 Å². The number of rotatable bonds is 8. The molecule has 1 amide bonds. The van der Waals surface area contributed by atoms with E-state index in [4.69, 9.17) is 9.84 Å². The zero-order valence-corrected chi connectivity index (χ0v) is 18.9. The number of carbonyl (C=O) groups is 1. The number of hydrogen-bond acceptors (Lipinski definition) is 4. The molecule has 0 bridgehead atoms. The van der Waals surface area contributed by atoms with E-state index in [0.29, 0.717) is 18.7 Å². The Morgan fingerprint density at radius 3 is 2.38 bits per heavy atom. The van der Waals surface area contributed by atoms with Crippen LogP contribution in [0.25, 0.3) is 11.3 Å². The van der Waals surface area contributed by atoms with Gasteiger partial charge in [0, 0.05) is 37.9 Å². The predicted molar refractivity (Wildman–Crippen MR) is 127 cm³/mol. The number of hydrogen-bond donors (Lipinski definition) is 1. The normalized spacial score (nSPS) is 19.1. The van der Waals surface area contributed by atoms with Crippen LogP contribution in [0, 0.1) is 0 Å². The van der Waals surface area contributed by atoms with Crippen LogP contribution >= 0.6 is 0 Å². The lowest BCUT2D eigenvalue weighted by atomic mass is 10.1. The van der Waals surface area contributed by atoms with E-state index in [0.717, 1.165) is 42.9 Å². The van der Waals surface area contributed by atoms with Crippen molar-refractivity contribution < 1.29 is 9.53 Å². The van der Waals surface area contributed by atoms with E-state index < -0.39 is 0 Å². The van der Waals surface area contributed by atoms with Crippen molar-refractivity contribution in [1.29, 1.82) is 0 Å².